The molecule has 100 valence electrons. The van der Waals surface area contributed by atoms with Gasteiger partial charge in [0.1, 0.15) is 6.33 Å². The van der Waals surface area contributed by atoms with Gasteiger partial charge in [-0.05, 0) is 25.7 Å². The van der Waals surface area contributed by atoms with Crippen LogP contribution < -0.4 is 15.0 Å². The third-order valence-corrected chi connectivity index (χ3v) is 3.29. The lowest BCUT2D eigenvalue weighted by atomic mass is 10.0. The van der Waals surface area contributed by atoms with Crippen molar-refractivity contribution in [3.63, 3.8) is 0 Å². The predicted octanol–water partition coefficient (Wildman–Crippen LogP) is 2.15. The summed E-state index contributed by atoms with van der Waals surface area (Å²) in [6, 6.07) is 0. The largest absolute Gasteiger partial charge is 0.490 e. The molecular formula is C13H22N4O. The summed E-state index contributed by atoms with van der Waals surface area (Å²) in [5.74, 6) is 3.16. The van der Waals surface area contributed by atoms with E-state index in [4.69, 9.17) is 4.74 Å². The van der Waals surface area contributed by atoms with Gasteiger partial charge in [0.25, 0.3) is 0 Å². The second kappa shape index (κ2) is 5.89. The molecule has 1 aromatic rings. The van der Waals surface area contributed by atoms with Crippen molar-refractivity contribution in [2.75, 3.05) is 37.0 Å². The number of piperidine rings is 1. The van der Waals surface area contributed by atoms with E-state index in [2.05, 4.69) is 27.1 Å². The van der Waals surface area contributed by atoms with Crippen LogP contribution in [-0.2, 0) is 0 Å². The number of rotatable bonds is 4. The van der Waals surface area contributed by atoms with Crippen LogP contribution in [0.3, 0.4) is 0 Å². The summed E-state index contributed by atoms with van der Waals surface area (Å²) in [6.07, 6.45) is 4.12. The average molecular weight is 250 g/mol. The van der Waals surface area contributed by atoms with Crippen LogP contribution >= 0.6 is 0 Å². The quantitative estimate of drug-likeness (QED) is 0.887. The lowest BCUT2D eigenvalue weighted by molar-refractivity contribution is 0.401. The van der Waals surface area contributed by atoms with Gasteiger partial charge in [0, 0.05) is 19.6 Å². The fraction of sp³-hybridized carbons (Fsp3) is 0.692. The van der Waals surface area contributed by atoms with E-state index in [1.807, 2.05) is 6.92 Å². The maximum absolute atomic E-state index is 5.49. The number of anilines is 2. The van der Waals surface area contributed by atoms with Gasteiger partial charge in [0.2, 0.25) is 5.75 Å². The summed E-state index contributed by atoms with van der Waals surface area (Å²) >= 11 is 0. The first-order chi connectivity index (χ1) is 8.76. The van der Waals surface area contributed by atoms with Crippen molar-refractivity contribution >= 4 is 11.6 Å². The van der Waals surface area contributed by atoms with Crippen LogP contribution in [0.15, 0.2) is 6.33 Å². The summed E-state index contributed by atoms with van der Waals surface area (Å²) in [4.78, 5) is 10.9. The molecule has 2 rings (SSSR count). The van der Waals surface area contributed by atoms with Gasteiger partial charge in [-0.15, -0.1) is 0 Å². The molecule has 0 aliphatic carbocycles. The molecule has 0 amide bonds. The fourth-order valence-electron chi connectivity index (χ4n) is 2.45. The minimum absolute atomic E-state index is 0.709. The molecular weight excluding hydrogens is 228 g/mol. The molecule has 1 atom stereocenters. The second-order valence-electron chi connectivity index (χ2n) is 4.80. The maximum atomic E-state index is 5.49. The van der Waals surface area contributed by atoms with Gasteiger partial charge in [0.05, 0.1) is 7.11 Å². The van der Waals surface area contributed by atoms with Crippen molar-refractivity contribution in [1.29, 1.82) is 0 Å². The van der Waals surface area contributed by atoms with Gasteiger partial charge in [0.15, 0.2) is 11.6 Å². The van der Waals surface area contributed by atoms with Crippen molar-refractivity contribution in [1.82, 2.24) is 9.97 Å². The molecule has 1 aromatic heterocycles. The summed E-state index contributed by atoms with van der Waals surface area (Å²) in [5.41, 5.74) is 0. The molecule has 2 heterocycles. The predicted molar refractivity (Wildman–Crippen MR) is 73.4 cm³/mol. The molecule has 18 heavy (non-hydrogen) atoms. The van der Waals surface area contributed by atoms with Gasteiger partial charge < -0.3 is 15.0 Å². The number of nitrogens with one attached hydrogen (secondary N) is 1. The summed E-state index contributed by atoms with van der Waals surface area (Å²) in [5, 5.41) is 3.21. The van der Waals surface area contributed by atoms with E-state index < -0.39 is 0 Å². The molecule has 1 unspecified atom stereocenters. The van der Waals surface area contributed by atoms with Gasteiger partial charge >= 0.3 is 0 Å². The van der Waals surface area contributed by atoms with Crippen molar-refractivity contribution in [2.45, 2.75) is 26.7 Å². The number of hydrogen-bond acceptors (Lipinski definition) is 5. The van der Waals surface area contributed by atoms with E-state index >= 15 is 0 Å². The molecule has 1 fully saturated rings. The molecule has 0 radical (unpaired) electrons. The van der Waals surface area contributed by atoms with Crippen LogP contribution in [0, 0.1) is 5.92 Å². The summed E-state index contributed by atoms with van der Waals surface area (Å²) in [7, 11) is 1.68. The Bertz CT molecular complexity index is 397. The van der Waals surface area contributed by atoms with E-state index in [9.17, 15) is 0 Å². The standard InChI is InChI=1S/C13H22N4O/c1-4-14-12-11(18-3)13(16-9-15-12)17-7-5-6-10(2)8-17/h9-10H,4-8H2,1-3H3,(H,14,15,16). The van der Waals surface area contributed by atoms with Gasteiger partial charge in [-0.2, -0.15) is 0 Å². The van der Waals surface area contributed by atoms with Crippen molar-refractivity contribution in [2.24, 2.45) is 5.92 Å². The first-order valence-electron chi connectivity index (χ1n) is 6.64. The molecule has 0 aromatic carbocycles. The highest BCUT2D eigenvalue weighted by Gasteiger charge is 2.22. The van der Waals surface area contributed by atoms with E-state index in [-0.39, 0.29) is 0 Å². The molecule has 0 spiro atoms. The Balaban J connectivity index is 2.28. The number of methoxy groups -OCH3 is 1. The van der Waals surface area contributed by atoms with Crippen LogP contribution in [0.2, 0.25) is 0 Å². The molecule has 5 nitrogen and oxygen atoms in total. The number of nitrogens with zero attached hydrogens (tertiary/aromatic N) is 3. The lowest BCUT2D eigenvalue weighted by Crippen LogP contribution is -2.35. The Morgan fingerprint density at radius 1 is 1.50 bits per heavy atom. The van der Waals surface area contributed by atoms with Crippen LogP contribution in [0.25, 0.3) is 0 Å². The van der Waals surface area contributed by atoms with E-state index in [0.717, 1.165) is 37.0 Å². The molecule has 1 N–H and O–H groups in total. The molecule has 1 saturated heterocycles. The molecule has 1 aliphatic rings. The zero-order chi connectivity index (χ0) is 13.0. The normalized spacial score (nSPS) is 19.7. The smallest absolute Gasteiger partial charge is 0.204 e. The van der Waals surface area contributed by atoms with Crippen molar-refractivity contribution in [3.05, 3.63) is 6.33 Å². The molecule has 1 aliphatic heterocycles. The highest BCUT2D eigenvalue weighted by molar-refractivity contribution is 5.64. The number of ether oxygens (including phenoxy) is 1. The van der Waals surface area contributed by atoms with Crippen LogP contribution in [-0.4, -0.2) is 36.7 Å². The highest BCUT2D eigenvalue weighted by atomic mass is 16.5. The highest BCUT2D eigenvalue weighted by Crippen LogP contribution is 2.33. The zero-order valence-electron chi connectivity index (χ0n) is 11.4. The minimum atomic E-state index is 0.709. The van der Waals surface area contributed by atoms with Crippen molar-refractivity contribution < 1.29 is 4.74 Å². The minimum Gasteiger partial charge on any atom is -0.490 e. The van der Waals surface area contributed by atoms with Gasteiger partial charge in [-0.1, -0.05) is 6.92 Å². The van der Waals surface area contributed by atoms with E-state index in [1.54, 1.807) is 13.4 Å². The summed E-state index contributed by atoms with van der Waals surface area (Å²) in [6.45, 7) is 7.24. The lowest BCUT2D eigenvalue weighted by Gasteiger charge is -2.32. The Morgan fingerprint density at radius 2 is 2.33 bits per heavy atom. The first kappa shape index (κ1) is 12.9. The third-order valence-electron chi connectivity index (χ3n) is 3.29. The van der Waals surface area contributed by atoms with E-state index in [1.165, 1.54) is 12.8 Å². The van der Waals surface area contributed by atoms with Crippen LogP contribution in [0.5, 0.6) is 5.75 Å². The van der Waals surface area contributed by atoms with Crippen LogP contribution in [0.1, 0.15) is 26.7 Å². The molecule has 0 bridgehead atoms. The Labute approximate surface area is 109 Å². The third kappa shape index (κ3) is 2.66. The van der Waals surface area contributed by atoms with Crippen LogP contribution in [0.4, 0.5) is 11.6 Å². The summed E-state index contributed by atoms with van der Waals surface area (Å²) < 4.78 is 5.49. The topological polar surface area (TPSA) is 50.3 Å². The molecule has 5 heteroatoms. The SMILES string of the molecule is CCNc1ncnc(N2CCCC(C)C2)c1OC. The Hall–Kier alpha value is -1.52. The number of aromatic nitrogens is 2. The van der Waals surface area contributed by atoms with E-state index in [0.29, 0.717) is 5.92 Å². The van der Waals surface area contributed by atoms with Gasteiger partial charge in [-0.25, -0.2) is 9.97 Å². The maximum Gasteiger partial charge on any atom is 0.204 e. The van der Waals surface area contributed by atoms with Crippen molar-refractivity contribution in [3.8, 4) is 5.75 Å². The fourth-order valence-corrected chi connectivity index (χ4v) is 2.45. The Morgan fingerprint density at radius 3 is 3.00 bits per heavy atom. The monoisotopic (exact) mass is 250 g/mol. The molecule has 0 saturated carbocycles. The Kier molecular flexibility index (Phi) is 4.23. The number of hydrogen-bond donors (Lipinski definition) is 1. The second-order valence-corrected chi connectivity index (χ2v) is 4.80. The van der Waals surface area contributed by atoms with Gasteiger partial charge in [-0.3, -0.25) is 0 Å². The zero-order valence-corrected chi connectivity index (χ0v) is 11.4. The first-order valence-corrected chi connectivity index (χ1v) is 6.64. The average Bonchev–Trinajstić information content (AvgIpc) is 2.39.